The van der Waals surface area contributed by atoms with E-state index in [4.69, 9.17) is 9.73 Å². The third-order valence-corrected chi connectivity index (χ3v) is 9.77. The number of nitrogens with zero attached hydrogens (tertiary/aromatic N) is 4. The molecular weight excluding hydrogens is 650 g/mol. The molecule has 8 heteroatoms. The van der Waals surface area contributed by atoms with E-state index in [2.05, 4.69) is 104 Å². The number of aliphatic imine (C=N–C) groups is 1. The number of carbonyl (C=O) groups is 1. The second-order valence-corrected chi connectivity index (χ2v) is 13.6. The highest BCUT2D eigenvalue weighted by atomic mass is 79.9. The lowest BCUT2D eigenvalue weighted by atomic mass is 9.86. The van der Waals surface area contributed by atoms with Crippen LogP contribution in [0.4, 0.5) is 0 Å². The second kappa shape index (κ2) is 14.7. The molecule has 0 bridgehead atoms. The van der Waals surface area contributed by atoms with E-state index in [1.54, 1.807) is 13.3 Å². The summed E-state index contributed by atoms with van der Waals surface area (Å²) in [5.74, 6) is 1.58. The first-order valence-electron chi connectivity index (χ1n) is 16.5. The lowest BCUT2D eigenvalue weighted by molar-refractivity contribution is -0.119. The van der Waals surface area contributed by atoms with Gasteiger partial charge >= 0.3 is 0 Å². The van der Waals surface area contributed by atoms with Crippen molar-refractivity contribution >= 4 is 49.9 Å². The molecule has 1 amide bonds. The Balaban J connectivity index is 1.31. The van der Waals surface area contributed by atoms with Crippen LogP contribution in [-0.4, -0.2) is 41.7 Å². The molecule has 0 radical (unpaired) electrons. The number of ether oxygens (including phenoxy) is 1. The molecule has 1 N–H and O–H groups in total. The van der Waals surface area contributed by atoms with Crippen molar-refractivity contribution in [2.75, 3.05) is 13.7 Å². The fourth-order valence-electron chi connectivity index (χ4n) is 6.26. The van der Waals surface area contributed by atoms with E-state index < -0.39 is 0 Å². The van der Waals surface area contributed by atoms with Crippen molar-refractivity contribution in [3.8, 4) is 5.75 Å². The number of fused-ring (bicyclic) bond motifs is 2. The van der Waals surface area contributed by atoms with Crippen LogP contribution in [0.25, 0.3) is 10.9 Å². The third kappa shape index (κ3) is 8.04. The lowest BCUT2D eigenvalue weighted by Crippen LogP contribution is -2.30. The first kappa shape index (κ1) is 32.8. The number of carbonyl (C=O) groups excluding carboxylic acids is 1. The number of aromatic nitrogens is 1. The fraction of sp³-hybridized carbons (Fsp3) is 0.359. The van der Waals surface area contributed by atoms with Crippen molar-refractivity contribution in [2.45, 2.75) is 71.3 Å². The molecule has 0 saturated heterocycles. The van der Waals surface area contributed by atoms with E-state index in [0.29, 0.717) is 30.3 Å². The maximum absolute atomic E-state index is 13.5. The predicted octanol–water partition coefficient (Wildman–Crippen LogP) is 8.58. The summed E-state index contributed by atoms with van der Waals surface area (Å²) < 4.78 is 6.66. The summed E-state index contributed by atoms with van der Waals surface area (Å²) in [6.45, 7) is 6.65. The SMILES string of the molecule is CCC1Cc2ccc(OC)cc2C(c2ccc(C3CC3)cc2)N=C(CC(=O)NCCc2ccc3cc(Br)cnc3c2)/C(C)=N\N=C\1C. The van der Waals surface area contributed by atoms with E-state index in [1.165, 1.54) is 24.0 Å². The third-order valence-electron chi connectivity index (χ3n) is 9.34. The van der Waals surface area contributed by atoms with Crippen molar-refractivity contribution in [1.29, 1.82) is 0 Å². The number of pyridine rings is 1. The van der Waals surface area contributed by atoms with Crippen LogP contribution in [0.5, 0.6) is 5.75 Å². The Bertz CT molecular complexity index is 1860. The average molecular weight is 693 g/mol. The van der Waals surface area contributed by atoms with Crippen LogP contribution < -0.4 is 10.1 Å². The average Bonchev–Trinajstić information content (AvgIpc) is 3.94. The number of benzene rings is 3. The molecular formula is C39H42BrN5O2. The molecule has 6 rings (SSSR count). The Kier molecular flexibility index (Phi) is 10.3. The van der Waals surface area contributed by atoms with Gasteiger partial charge in [-0.05, 0) is 120 Å². The van der Waals surface area contributed by atoms with Crippen molar-refractivity contribution < 1.29 is 9.53 Å². The van der Waals surface area contributed by atoms with Crippen molar-refractivity contribution in [3.05, 3.63) is 105 Å². The van der Waals surface area contributed by atoms with Crippen molar-refractivity contribution in [1.82, 2.24) is 10.3 Å². The number of halogens is 1. The molecule has 2 atom stereocenters. The van der Waals surface area contributed by atoms with Gasteiger partial charge in [-0.1, -0.05) is 49.4 Å². The molecule has 1 saturated carbocycles. The minimum Gasteiger partial charge on any atom is -0.497 e. The zero-order chi connectivity index (χ0) is 32.9. The Morgan fingerprint density at radius 1 is 0.979 bits per heavy atom. The lowest BCUT2D eigenvalue weighted by Gasteiger charge is -2.22. The highest BCUT2D eigenvalue weighted by Gasteiger charge is 2.26. The zero-order valence-corrected chi connectivity index (χ0v) is 29.2. The van der Waals surface area contributed by atoms with E-state index in [1.807, 2.05) is 19.9 Å². The molecule has 242 valence electrons. The summed E-state index contributed by atoms with van der Waals surface area (Å²) in [7, 11) is 1.70. The minimum atomic E-state index is -0.331. The Hall–Kier alpha value is -4.17. The Labute approximate surface area is 285 Å². The summed E-state index contributed by atoms with van der Waals surface area (Å²) >= 11 is 3.48. The molecule has 2 heterocycles. The minimum absolute atomic E-state index is 0.100. The monoisotopic (exact) mass is 691 g/mol. The highest BCUT2D eigenvalue weighted by molar-refractivity contribution is 9.10. The molecule has 4 aromatic rings. The Morgan fingerprint density at radius 2 is 1.77 bits per heavy atom. The van der Waals surface area contributed by atoms with E-state index in [0.717, 1.165) is 56.4 Å². The van der Waals surface area contributed by atoms with Crippen LogP contribution in [0.15, 0.2) is 92.6 Å². The standard InChI is InChI=1S/C39H42BrN5O2/c1-5-27-19-31-14-15-34(47-4)21-35(31)39(30-12-10-29(11-13-30)28-8-9-28)43-36(25(3)45-44-24(27)2)22-38(46)41-17-16-26-6-7-32-20-33(40)23-42-37(32)18-26/h6-7,10-15,18,20-21,23,27-28,39H,5,8-9,16-17,19,22H2,1-4H3,(H,41,46)/b43-36?,44-24+,45-25-. The van der Waals surface area contributed by atoms with Gasteiger partial charge in [0.25, 0.3) is 0 Å². The molecule has 3 aromatic carbocycles. The largest absolute Gasteiger partial charge is 0.497 e. The summed E-state index contributed by atoms with van der Waals surface area (Å²) in [6.07, 6.45) is 6.87. The normalized spacial score (nSPS) is 20.6. The first-order chi connectivity index (χ1) is 22.8. The van der Waals surface area contributed by atoms with Crippen molar-refractivity contribution in [3.63, 3.8) is 0 Å². The van der Waals surface area contributed by atoms with E-state index in [-0.39, 0.29) is 24.3 Å². The van der Waals surface area contributed by atoms with E-state index in [9.17, 15) is 4.79 Å². The topological polar surface area (TPSA) is 88.3 Å². The molecule has 0 spiro atoms. The molecule has 1 aromatic heterocycles. The molecule has 1 aliphatic carbocycles. The van der Waals surface area contributed by atoms with Crippen LogP contribution in [0.1, 0.15) is 86.2 Å². The number of hydrogen-bond donors (Lipinski definition) is 1. The van der Waals surface area contributed by atoms with Crippen LogP contribution in [0.3, 0.4) is 0 Å². The van der Waals surface area contributed by atoms with Gasteiger partial charge in [0.15, 0.2) is 0 Å². The number of nitrogens with one attached hydrogen (secondary N) is 1. The van der Waals surface area contributed by atoms with Gasteiger partial charge in [0.05, 0.1) is 30.5 Å². The quantitative estimate of drug-likeness (QED) is 0.191. The molecule has 1 aliphatic heterocycles. The van der Waals surface area contributed by atoms with Crippen LogP contribution in [0, 0.1) is 5.92 Å². The van der Waals surface area contributed by atoms with Crippen LogP contribution in [-0.2, 0) is 17.6 Å². The van der Waals surface area contributed by atoms with Gasteiger partial charge in [-0.2, -0.15) is 10.2 Å². The van der Waals surface area contributed by atoms with E-state index >= 15 is 0 Å². The molecule has 47 heavy (non-hydrogen) atoms. The van der Waals surface area contributed by atoms with Gasteiger partial charge in [0.1, 0.15) is 11.8 Å². The van der Waals surface area contributed by atoms with Gasteiger partial charge < -0.3 is 10.1 Å². The van der Waals surface area contributed by atoms with Gasteiger partial charge in [0.2, 0.25) is 5.91 Å². The van der Waals surface area contributed by atoms with Gasteiger partial charge in [-0.25, -0.2) is 0 Å². The maximum Gasteiger partial charge on any atom is 0.226 e. The maximum atomic E-state index is 13.5. The first-order valence-corrected chi connectivity index (χ1v) is 17.3. The number of hydrogen-bond acceptors (Lipinski definition) is 6. The molecule has 2 unspecified atom stereocenters. The summed E-state index contributed by atoms with van der Waals surface area (Å²) in [5, 5.41) is 13.5. The van der Waals surface area contributed by atoms with Gasteiger partial charge in [-0.15, -0.1) is 0 Å². The van der Waals surface area contributed by atoms with Gasteiger partial charge in [-0.3, -0.25) is 14.8 Å². The Morgan fingerprint density at radius 3 is 2.51 bits per heavy atom. The number of amides is 1. The summed E-state index contributed by atoms with van der Waals surface area (Å²) in [5.41, 5.74) is 9.04. The second-order valence-electron chi connectivity index (χ2n) is 12.7. The smallest absolute Gasteiger partial charge is 0.226 e. The molecule has 2 aliphatic rings. The van der Waals surface area contributed by atoms with Gasteiger partial charge in [0, 0.05) is 34.2 Å². The number of methoxy groups -OCH3 is 1. The highest BCUT2D eigenvalue weighted by Crippen LogP contribution is 2.41. The van der Waals surface area contributed by atoms with Crippen LogP contribution >= 0.6 is 15.9 Å². The van der Waals surface area contributed by atoms with Crippen LogP contribution in [0.2, 0.25) is 0 Å². The summed E-state index contributed by atoms with van der Waals surface area (Å²) in [6, 6.07) is 23.1. The zero-order valence-electron chi connectivity index (χ0n) is 27.6. The number of rotatable bonds is 9. The molecule has 1 fully saturated rings. The summed E-state index contributed by atoms with van der Waals surface area (Å²) in [4.78, 5) is 23.3. The predicted molar refractivity (Wildman–Crippen MR) is 195 cm³/mol. The fourth-order valence-corrected chi connectivity index (χ4v) is 6.61. The molecule has 7 nitrogen and oxygen atoms in total. The van der Waals surface area contributed by atoms with Crippen molar-refractivity contribution in [2.24, 2.45) is 21.1 Å².